The second-order valence-corrected chi connectivity index (χ2v) is 7.44. The molecule has 2 aliphatic heterocycles. The summed E-state index contributed by atoms with van der Waals surface area (Å²) in [6.45, 7) is 2.12. The highest BCUT2D eigenvalue weighted by atomic mass is 35.5. The Balaban J connectivity index is 1.90. The molecule has 1 amide bonds. The third-order valence-electron chi connectivity index (χ3n) is 3.97. The molecule has 22 heavy (non-hydrogen) atoms. The first kappa shape index (κ1) is 15.7. The number of rotatable bonds is 3. The van der Waals surface area contributed by atoms with Gasteiger partial charge in [0.1, 0.15) is 5.88 Å². The molecule has 1 fully saturated rings. The maximum atomic E-state index is 12.6. The van der Waals surface area contributed by atoms with E-state index in [2.05, 4.69) is 0 Å². The topological polar surface area (TPSA) is 66.9 Å². The number of benzene rings is 1. The number of anilines is 1. The molecule has 0 bridgehead atoms. The van der Waals surface area contributed by atoms with Crippen LogP contribution in [-0.4, -0.2) is 57.4 Å². The fourth-order valence-corrected chi connectivity index (χ4v) is 4.41. The fourth-order valence-electron chi connectivity index (χ4n) is 2.81. The molecule has 0 aromatic heterocycles. The van der Waals surface area contributed by atoms with Crippen LogP contribution in [0.5, 0.6) is 0 Å². The van der Waals surface area contributed by atoms with E-state index in [1.165, 1.54) is 4.31 Å². The summed E-state index contributed by atoms with van der Waals surface area (Å²) in [4.78, 5) is 13.6. The molecule has 1 aromatic rings. The molecule has 0 saturated carbocycles. The van der Waals surface area contributed by atoms with E-state index in [0.717, 1.165) is 11.3 Å². The summed E-state index contributed by atoms with van der Waals surface area (Å²) in [7, 11) is -3.50. The second-order valence-electron chi connectivity index (χ2n) is 5.24. The van der Waals surface area contributed by atoms with Crippen molar-refractivity contribution in [3.05, 3.63) is 23.8 Å². The van der Waals surface area contributed by atoms with E-state index in [0.29, 0.717) is 39.3 Å². The van der Waals surface area contributed by atoms with Crippen LogP contribution in [0.15, 0.2) is 23.1 Å². The molecule has 0 N–H and O–H groups in total. The van der Waals surface area contributed by atoms with Crippen LogP contribution in [0.4, 0.5) is 5.69 Å². The Morgan fingerprint density at radius 1 is 1.23 bits per heavy atom. The van der Waals surface area contributed by atoms with E-state index < -0.39 is 10.0 Å². The zero-order chi connectivity index (χ0) is 15.7. The Hall–Kier alpha value is -1.15. The summed E-state index contributed by atoms with van der Waals surface area (Å²) in [5.74, 6) is -0.239. The van der Waals surface area contributed by atoms with Crippen LogP contribution in [0.3, 0.4) is 0 Å². The highest BCUT2D eigenvalue weighted by Crippen LogP contribution is 2.31. The zero-order valence-electron chi connectivity index (χ0n) is 12.0. The number of morpholine rings is 1. The number of nitrogens with zero attached hydrogens (tertiary/aromatic N) is 2. The molecule has 2 aliphatic rings. The Labute approximate surface area is 134 Å². The van der Waals surface area contributed by atoms with Crippen LogP contribution in [0.1, 0.15) is 5.56 Å². The predicted molar refractivity (Wildman–Crippen MR) is 82.8 cm³/mol. The molecular formula is C14H17ClN2O4S. The van der Waals surface area contributed by atoms with Gasteiger partial charge in [0.2, 0.25) is 15.9 Å². The quantitative estimate of drug-likeness (QED) is 0.762. The fraction of sp³-hybridized carbons (Fsp3) is 0.500. The molecule has 3 rings (SSSR count). The van der Waals surface area contributed by atoms with Crippen LogP contribution in [-0.2, 0) is 26.0 Å². The maximum Gasteiger partial charge on any atom is 0.243 e. The van der Waals surface area contributed by atoms with E-state index in [1.807, 2.05) is 0 Å². The molecule has 2 heterocycles. The molecule has 0 unspecified atom stereocenters. The van der Waals surface area contributed by atoms with Gasteiger partial charge in [-0.25, -0.2) is 8.42 Å². The summed E-state index contributed by atoms with van der Waals surface area (Å²) in [5.41, 5.74) is 1.62. The molecule has 1 saturated heterocycles. The molecule has 0 atom stereocenters. The lowest BCUT2D eigenvalue weighted by atomic mass is 10.2. The highest BCUT2D eigenvalue weighted by Gasteiger charge is 2.29. The minimum absolute atomic E-state index is 0.0761. The molecule has 0 spiro atoms. The van der Waals surface area contributed by atoms with Crippen LogP contribution >= 0.6 is 11.6 Å². The number of ether oxygens (including phenoxy) is 1. The average molecular weight is 345 g/mol. The molecule has 6 nitrogen and oxygen atoms in total. The SMILES string of the molecule is O=C(CCl)N1CCc2cc(S(=O)(=O)N3CCOCC3)ccc21. The van der Waals surface area contributed by atoms with Crippen molar-refractivity contribution in [3.8, 4) is 0 Å². The molecular weight excluding hydrogens is 328 g/mol. The molecule has 1 aromatic carbocycles. The van der Waals surface area contributed by atoms with Gasteiger partial charge in [0.25, 0.3) is 0 Å². The van der Waals surface area contributed by atoms with Crippen molar-refractivity contribution in [2.45, 2.75) is 11.3 Å². The number of halogens is 1. The highest BCUT2D eigenvalue weighted by molar-refractivity contribution is 7.89. The molecule has 0 aliphatic carbocycles. The van der Waals surface area contributed by atoms with Gasteiger partial charge in [-0.1, -0.05) is 0 Å². The third kappa shape index (κ3) is 2.74. The minimum Gasteiger partial charge on any atom is -0.379 e. The number of sulfonamides is 1. The largest absolute Gasteiger partial charge is 0.379 e. The van der Waals surface area contributed by atoms with Crippen molar-refractivity contribution in [3.63, 3.8) is 0 Å². The van der Waals surface area contributed by atoms with Crippen LogP contribution in [0.2, 0.25) is 0 Å². The van der Waals surface area contributed by atoms with Crippen molar-refractivity contribution in [2.75, 3.05) is 43.6 Å². The second kappa shape index (κ2) is 6.16. The van der Waals surface area contributed by atoms with Gasteiger partial charge in [0.05, 0.1) is 18.1 Å². The molecule has 8 heteroatoms. The smallest absolute Gasteiger partial charge is 0.243 e. The summed E-state index contributed by atoms with van der Waals surface area (Å²) in [6.07, 6.45) is 0.643. The Morgan fingerprint density at radius 3 is 2.64 bits per heavy atom. The van der Waals surface area contributed by atoms with Crippen molar-refractivity contribution < 1.29 is 17.9 Å². The Morgan fingerprint density at radius 2 is 1.95 bits per heavy atom. The number of carbonyl (C=O) groups excluding carboxylic acids is 1. The Bertz CT molecular complexity index is 686. The lowest BCUT2D eigenvalue weighted by molar-refractivity contribution is -0.116. The van der Waals surface area contributed by atoms with Gasteiger partial charge in [-0.3, -0.25) is 4.79 Å². The van der Waals surface area contributed by atoms with Crippen molar-refractivity contribution >= 4 is 33.2 Å². The van der Waals surface area contributed by atoms with Crippen molar-refractivity contribution in [1.29, 1.82) is 0 Å². The van der Waals surface area contributed by atoms with Gasteiger partial charge >= 0.3 is 0 Å². The van der Waals surface area contributed by atoms with E-state index in [9.17, 15) is 13.2 Å². The number of hydrogen-bond donors (Lipinski definition) is 0. The first-order valence-electron chi connectivity index (χ1n) is 7.11. The van der Waals surface area contributed by atoms with E-state index >= 15 is 0 Å². The number of hydrogen-bond acceptors (Lipinski definition) is 4. The minimum atomic E-state index is -3.50. The van der Waals surface area contributed by atoms with Crippen LogP contribution in [0, 0.1) is 0 Å². The lowest BCUT2D eigenvalue weighted by Crippen LogP contribution is -2.40. The molecule has 0 radical (unpaired) electrons. The van der Waals surface area contributed by atoms with Gasteiger partial charge < -0.3 is 9.64 Å². The van der Waals surface area contributed by atoms with Crippen molar-refractivity contribution in [2.24, 2.45) is 0 Å². The van der Waals surface area contributed by atoms with Gasteiger partial charge in [-0.2, -0.15) is 4.31 Å². The van der Waals surface area contributed by atoms with Gasteiger partial charge in [-0.05, 0) is 30.2 Å². The number of alkyl halides is 1. The first-order valence-corrected chi connectivity index (χ1v) is 9.08. The normalized spacial score (nSPS) is 19.2. The van der Waals surface area contributed by atoms with Gasteiger partial charge in [0, 0.05) is 25.3 Å². The maximum absolute atomic E-state index is 12.6. The van der Waals surface area contributed by atoms with E-state index in [-0.39, 0.29) is 16.7 Å². The Kier molecular flexibility index (Phi) is 4.40. The predicted octanol–water partition coefficient (Wildman–Crippen LogP) is 0.835. The lowest BCUT2D eigenvalue weighted by Gasteiger charge is -2.26. The standard InChI is InChI=1S/C14H17ClN2O4S/c15-10-14(18)17-4-3-11-9-12(1-2-13(11)17)22(19,20)16-5-7-21-8-6-16/h1-2,9H,3-8,10H2. The van der Waals surface area contributed by atoms with Gasteiger partial charge in [0.15, 0.2) is 0 Å². The number of carbonyl (C=O) groups is 1. The van der Waals surface area contributed by atoms with Crippen LogP contribution in [0.25, 0.3) is 0 Å². The summed E-state index contributed by atoms with van der Waals surface area (Å²) >= 11 is 5.60. The van der Waals surface area contributed by atoms with E-state index in [4.69, 9.17) is 16.3 Å². The number of fused-ring (bicyclic) bond motifs is 1. The first-order chi connectivity index (χ1) is 10.5. The molecule has 120 valence electrons. The number of amides is 1. The average Bonchev–Trinajstić information content (AvgIpc) is 2.98. The summed E-state index contributed by atoms with van der Waals surface area (Å²) in [6, 6.07) is 4.92. The summed E-state index contributed by atoms with van der Waals surface area (Å²) in [5, 5.41) is 0. The summed E-state index contributed by atoms with van der Waals surface area (Å²) < 4.78 is 31.9. The monoisotopic (exact) mass is 344 g/mol. The van der Waals surface area contributed by atoms with E-state index in [1.54, 1.807) is 23.1 Å². The third-order valence-corrected chi connectivity index (χ3v) is 6.09. The zero-order valence-corrected chi connectivity index (χ0v) is 13.6. The van der Waals surface area contributed by atoms with Gasteiger partial charge in [-0.15, -0.1) is 11.6 Å². The van der Waals surface area contributed by atoms with Crippen molar-refractivity contribution in [1.82, 2.24) is 4.31 Å². The van der Waals surface area contributed by atoms with Crippen LogP contribution < -0.4 is 4.90 Å².